The third kappa shape index (κ3) is 3.40. The number of benzene rings is 3. The third-order valence-corrected chi connectivity index (χ3v) is 6.04. The first-order valence-electron chi connectivity index (χ1n) is 8.83. The highest BCUT2D eigenvalue weighted by atomic mass is 32.2. The number of carbonyl (C=O) groups is 1. The molecule has 4 rings (SSSR count). The van der Waals surface area contributed by atoms with Gasteiger partial charge in [0.05, 0.1) is 11.9 Å². The number of carbonyl (C=O) groups excluding carboxylic acids is 1. The summed E-state index contributed by atoms with van der Waals surface area (Å²) in [6.07, 6.45) is 2.72. The normalized spacial score (nSPS) is 14.0. The molecular weight excluding hydrogens is 360 g/mol. The molecule has 1 N–H and O–H groups in total. The van der Waals surface area contributed by atoms with E-state index in [0.717, 1.165) is 34.9 Å². The van der Waals surface area contributed by atoms with Gasteiger partial charge in [0.1, 0.15) is 0 Å². The van der Waals surface area contributed by atoms with Crippen LogP contribution in [0.1, 0.15) is 22.3 Å². The summed E-state index contributed by atoms with van der Waals surface area (Å²) >= 11 is 0. The van der Waals surface area contributed by atoms with Gasteiger partial charge in [-0.05, 0) is 48.1 Å². The standard InChI is InChI=1S/C21H20N2O3S/c1-27(25,26)23-13-5-8-16-14-17(11-12-20(16)23)21(24)22-19-10-4-7-15-6-2-3-9-18(15)19/h2-4,6-7,9-12,14H,5,8,13H2,1H3,(H,22,24). The van der Waals surface area contributed by atoms with Crippen LogP contribution in [0.15, 0.2) is 60.7 Å². The highest BCUT2D eigenvalue weighted by Crippen LogP contribution is 2.30. The number of nitrogens with zero attached hydrogens (tertiary/aromatic N) is 1. The van der Waals surface area contributed by atoms with Crippen molar-refractivity contribution in [3.63, 3.8) is 0 Å². The molecule has 3 aromatic carbocycles. The Labute approximate surface area is 158 Å². The molecule has 1 aliphatic heterocycles. The minimum atomic E-state index is -3.31. The highest BCUT2D eigenvalue weighted by Gasteiger charge is 2.24. The number of hydrogen-bond acceptors (Lipinski definition) is 3. The first-order chi connectivity index (χ1) is 12.9. The maximum atomic E-state index is 12.8. The lowest BCUT2D eigenvalue weighted by Gasteiger charge is -2.29. The van der Waals surface area contributed by atoms with Crippen molar-refractivity contribution in [1.29, 1.82) is 0 Å². The van der Waals surface area contributed by atoms with Crippen LogP contribution in [0.25, 0.3) is 10.8 Å². The van der Waals surface area contributed by atoms with E-state index < -0.39 is 10.0 Å². The summed E-state index contributed by atoms with van der Waals surface area (Å²) < 4.78 is 25.4. The summed E-state index contributed by atoms with van der Waals surface area (Å²) in [4.78, 5) is 12.8. The first-order valence-corrected chi connectivity index (χ1v) is 10.7. The summed E-state index contributed by atoms with van der Waals surface area (Å²) in [5, 5.41) is 5.02. The fraction of sp³-hybridized carbons (Fsp3) is 0.190. The lowest BCUT2D eigenvalue weighted by atomic mass is 10.0. The number of amides is 1. The predicted octanol–water partition coefficient (Wildman–Crippen LogP) is 3.80. The largest absolute Gasteiger partial charge is 0.321 e. The Morgan fingerprint density at radius 1 is 1.04 bits per heavy atom. The molecule has 0 radical (unpaired) electrons. The van der Waals surface area contributed by atoms with Gasteiger partial charge in [-0.2, -0.15) is 0 Å². The molecule has 1 heterocycles. The molecule has 0 fully saturated rings. The van der Waals surface area contributed by atoms with E-state index in [4.69, 9.17) is 0 Å². The fourth-order valence-electron chi connectivity index (χ4n) is 3.58. The summed E-state index contributed by atoms with van der Waals surface area (Å²) in [6.45, 7) is 0.480. The molecule has 0 spiro atoms. The summed E-state index contributed by atoms with van der Waals surface area (Å²) in [7, 11) is -3.31. The van der Waals surface area contributed by atoms with E-state index in [1.807, 2.05) is 42.5 Å². The summed E-state index contributed by atoms with van der Waals surface area (Å²) in [6, 6.07) is 18.9. The Morgan fingerprint density at radius 2 is 1.81 bits per heavy atom. The molecule has 138 valence electrons. The number of sulfonamides is 1. The van der Waals surface area contributed by atoms with Crippen LogP contribution in [0.5, 0.6) is 0 Å². The lowest BCUT2D eigenvalue weighted by Crippen LogP contribution is -2.34. The Balaban J connectivity index is 1.65. The van der Waals surface area contributed by atoms with Crippen LogP contribution in [-0.4, -0.2) is 27.1 Å². The molecule has 6 heteroatoms. The van der Waals surface area contributed by atoms with E-state index in [9.17, 15) is 13.2 Å². The van der Waals surface area contributed by atoms with E-state index in [1.165, 1.54) is 10.6 Å². The SMILES string of the molecule is CS(=O)(=O)N1CCCc2cc(C(=O)Nc3cccc4ccccc34)ccc21. The van der Waals surface area contributed by atoms with Crippen molar-refractivity contribution in [2.45, 2.75) is 12.8 Å². The minimum Gasteiger partial charge on any atom is -0.321 e. The number of hydrogen-bond donors (Lipinski definition) is 1. The van der Waals surface area contributed by atoms with E-state index in [1.54, 1.807) is 18.2 Å². The monoisotopic (exact) mass is 380 g/mol. The molecule has 0 saturated heterocycles. The van der Waals surface area contributed by atoms with Crippen molar-refractivity contribution in [2.24, 2.45) is 0 Å². The number of aryl methyl sites for hydroxylation is 1. The van der Waals surface area contributed by atoms with Gasteiger partial charge in [0.25, 0.3) is 5.91 Å². The van der Waals surface area contributed by atoms with Crippen molar-refractivity contribution in [3.05, 3.63) is 71.8 Å². The van der Waals surface area contributed by atoms with Gasteiger partial charge in [0, 0.05) is 23.2 Å². The molecule has 0 atom stereocenters. The van der Waals surface area contributed by atoms with Gasteiger partial charge in [-0.1, -0.05) is 36.4 Å². The molecule has 1 amide bonds. The van der Waals surface area contributed by atoms with Gasteiger partial charge in [0.15, 0.2) is 0 Å². The molecule has 0 bridgehead atoms. The molecular formula is C21H20N2O3S. The van der Waals surface area contributed by atoms with Gasteiger partial charge >= 0.3 is 0 Å². The number of anilines is 2. The molecule has 0 aromatic heterocycles. The molecule has 5 nitrogen and oxygen atoms in total. The van der Waals surface area contributed by atoms with Gasteiger partial charge < -0.3 is 5.32 Å². The first kappa shape index (κ1) is 17.5. The predicted molar refractivity (Wildman–Crippen MR) is 109 cm³/mol. The molecule has 3 aromatic rings. The Bertz CT molecular complexity index is 1130. The van der Waals surface area contributed by atoms with Crippen molar-refractivity contribution in [3.8, 4) is 0 Å². The zero-order valence-electron chi connectivity index (χ0n) is 15.0. The number of rotatable bonds is 3. The van der Waals surface area contributed by atoms with E-state index in [-0.39, 0.29) is 5.91 Å². The molecule has 0 unspecified atom stereocenters. The van der Waals surface area contributed by atoms with Crippen LogP contribution in [0.2, 0.25) is 0 Å². The Morgan fingerprint density at radius 3 is 2.63 bits per heavy atom. The third-order valence-electron chi connectivity index (χ3n) is 4.86. The fourth-order valence-corrected chi connectivity index (χ4v) is 4.57. The second kappa shape index (κ2) is 6.70. The maximum absolute atomic E-state index is 12.8. The topological polar surface area (TPSA) is 66.5 Å². The smallest absolute Gasteiger partial charge is 0.255 e. The van der Waals surface area contributed by atoms with Crippen LogP contribution in [0, 0.1) is 0 Å². The van der Waals surface area contributed by atoms with E-state index in [0.29, 0.717) is 17.8 Å². The average Bonchev–Trinajstić information content (AvgIpc) is 2.66. The van der Waals surface area contributed by atoms with Crippen molar-refractivity contribution >= 4 is 38.1 Å². The molecule has 27 heavy (non-hydrogen) atoms. The quantitative estimate of drug-likeness (QED) is 0.751. The molecule has 1 aliphatic rings. The second-order valence-corrected chi connectivity index (χ2v) is 8.67. The molecule has 0 aliphatic carbocycles. The Hall–Kier alpha value is -2.86. The second-order valence-electron chi connectivity index (χ2n) is 6.76. The maximum Gasteiger partial charge on any atom is 0.255 e. The summed E-state index contributed by atoms with van der Waals surface area (Å²) in [5.41, 5.74) is 2.84. The number of fused-ring (bicyclic) bond motifs is 2. The Kier molecular flexibility index (Phi) is 4.36. The number of nitrogens with one attached hydrogen (secondary N) is 1. The van der Waals surface area contributed by atoms with Gasteiger partial charge in [-0.25, -0.2) is 8.42 Å². The lowest BCUT2D eigenvalue weighted by molar-refractivity contribution is 0.102. The van der Waals surface area contributed by atoms with E-state index in [2.05, 4.69) is 5.32 Å². The van der Waals surface area contributed by atoms with Crippen molar-refractivity contribution in [1.82, 2.24) is 0 Å². The van der Waals surface area contributed by atoms with Crippen molar-refractivity contribution < 1.29 is 13.2 Å². The minimum absolute atomic E-state index is 0.203. The van der Waals surface area contributed by atoms with Gasteiger partial charge in [-0.3, -0.25) is 9.10 Å². The zero-order chi connectivity index (χ0) is 19.0. The van der Waals surface area contributed by atoms with Crippen molar-refractivity contribution in [2.75, 3.05) is 22.4 Å². The van der Waals surface area contributed by atoms with E-state index >= 15 is 0 Å². The van der Waals surface area contributed by atoms with Crippen LogP contribution in [0.4, 0.5) is 11.4 Å². The summed E-state index contributed by atoms with van der Waals surface area (Å²) in [5.74, 6) is -0.203. The van der Waals surface area contributed by atoms with Crippen LogP contribution in [0.3, 0.4) is 0 Å². The van der Waals surface area contributed by atoms with Crippen LogP contribution < -0.4 is 9.62 Å². The average molecular weight is 380 g/mol. The zero-order valence-corrected chi connectivity index (χ0v) is 15.8. The van der Waals surface area contributed by atoms with Gasteiger partial charge in [0.2, 0.25) is 10.0 Å². The van der Waals surface area contributed by atoms with Gasteiger partial charge in [-0.15, -0.1) is 0 Å². The van der Waals surface area contributed by atoms with Crippen LogP contribution in [-0.2, 0) is 16.4 Å². The highest BCUT2D eigenvalue weighted by molar-refractivity contribution is 7.92. The van der Waals surface area contributed by atoms with Crippen LogP contribution >= 0.6 is 0 Å². The molecule has 0 saturated carbocycles.